The second-order valence-corrected chi connectivity index (χ2v) is 7.28. The molecule has 1 amide bonds. The van der Waals surface area contributed by atoms with Crippen LogP contribution in [0.25, 0.3) is 0 Å². The fourth-order valence-corrected chi connectivity index (χ4v) is 3.13. The van der Waals surface area contributed by atoms with E-state index < -0.39 is 0 Å². The van der Waals surface area contributed by atoms with Crippen molar-refractivity contribution in [3.63, 3.8) is 0 Å². The van der Waals surface area contributed by atoms with Gasteiger partial charge in [0.2, 0.25) is 5.91 Å². The van der Waals surface area contributed by atoms with Gasteiger partial charge in [-0.2, -0.15) is 5.10 Å². The van der Waals surface area contributed by atoms with Crippen LogP contribution >= 0.6 is 43.6 Å². The summed E-state index contributed by atoms with van der Waals surface area (Å²) in [6.07, 6.45) is 1.63. The summed E-state index contributed by atoms with van der Waals surface area (Å²) >= 11 is 8.36. The van der Waals surface area contributed by atoms with E-state index in [1.165, 1.54) is 5.56 Å². The highest BCUT2D eigenvalue weighted by Gasteiger charge is 2.01. The minimum Gasteiger partial charge on any atom is -0.272 e. The smallest absolute Gasteiger partial charge is 0.250 e. The van der Waals surface area contributed by atoms with E-state index >= 15 is 0 Å². The molecule has 0 saturated heterocycles. The van der Waals surface area contributed by atoms with Crippen LogP contribution in [0.1, 0.15) is 11.1 Å². The van der Waals surface area contributed by atoms with E-state index in [9.17, 15) is 4.79 Å². The molecule has 6 heteroatoms. The number of hydrazone groups is 1. The molecule has 0 aliphatic rings. The second-order valence-electron chi connectivity index (χ2n) is 4.47. The molecule has 0 aliphatic carbocycles. The first kappa shape index (κ1) is 17.2. The first-order valence-corrected chi connectivity index (χ1v) is 9.27. The Morgan fingerprint density at radius 2 is 1.91 bits per heavy atom. The lowest BCUT2D eigenvalue weighted by Crippen LogP contribution is -2.19. The van der Waals surface area contributed by atoms with Gasteiger partial charge in [0.15, 0.2) is 0 Å². The largest absolute Gasteiger partial charge is 0.272 e. The Labute approximate surface area is 150 Å². The van der Waals surface area contributed by atoms with Gasteiger partial charge in [0.05, 0.1) is 12.0 Å². The Hall–Kier alpha value is -1.11. The predicted molar refractivity (Wildman–Crippen MR) is 100 cm³/mol. The minimum atomic E-state index is -0.103. The molecular formula is C16H14Br2N2OS. The number of benzene rings is 2. The highest BCUT2D eigenvalue weighted by Crippen LogP contribution is 2.16. The molecule has 2 aromatic carbocycles. The van der Waals surface area contributed by atoms with Gasteiger partial charge in [-0.15, -0.1) is 11.8 Å². The highest BCUT2D eigenvalue weighted by atomic mass is 79.9. The molecule has 0 aliphatic heterocycles. The summed E-state index contributed by atoms with van der Waals surface area (Å²) in [5.74, 6) is 1.07. The lowest BCUT2D eigenvalue weighted by Gasteiger charge is -2.02. The van der Waals surface area contributed by atoms with Crippen LogP contribution in [-0.2, 0) is 10.5 Å². The van der Waals surface area contributed by atoms with Crippen molar-refractivity contribution < 1.29 is 4.79 Å². The summed E-state index contributed by atoms with van der Waals surface area (Å²) in [6.45, 7) is 0. The quantitative estimate of drug-likeness (QED) is 0.525. The van der Waals surface area contributed by atoms with Gasteiger partial charge in [-0.3, -0.25) is 4.79 Å². The van der Waals surface area contributed by atoms with Gasteiger partial charge in [0.25, 0.3) is 0 Å². The van der Waals surface area contributed by atoms with E-state index in [1.807, 2.05) is 42.5 Å². The highest BCUT2D eigenvalue weighted by molar-refractivity contribution is 9.10. The zero-order valence-electron chi connectivity index (χ0n) is 11.6. The molecule has 22 heavy (non-hydrogen) atoms. The van der Waals surface area contributed by atoms with E-state index in [0.29, 0.717) is 5.75 Å². The van der Waals surface area contributed by atoms with Crippen LogP contribution in [0.5, 0.6) is 0 Å². The molecule has 0 atom stereocenters. The average molecular weight is 442 g/mol. The number of carbonyl (C=O) groups is 1. The van der Waals surface area contributed by atoms with Gasteiger partial charge in [0.1, 0.15) is 0 Å². The van der Waals surface area contributed by atoms with Crippen molar-refractivity contribution in [3.05, 3.63) is 68.6 Å². The lowest BCUT2D eigenvalue weighted by atomic mass is 10.2. The van der Waals surface area contributed by atoms with Gasteiger partial charge in [-0.05, 0) is 35.4 Å². The monoisotopic (exact) mass is 440 g/mol. The molecule has 0 unspecified atom stereocenters. The zero-order chi connectivity index (χ0) is 15.8. The summed E-state index contributed by atoms with van der Waals surface area (Å²) in [4.78, 5) is 11.7. The number of nitrogens with zero attached hydrogens (tertiary/aromatic N) is 1. The maximum absolute atomic E-state index is 11.7. The number of hydrogen-bond donors (Lipinski definition) is 1. The SMILES string of the molecule is O=C(CSCc1cccc(Br)c1)N/N=C/c1ccc(Br)cc1. The molecule has 3 nitrogen and oxygen atoms in total. The minimum absolute atomic E-state index is 0.103. The van der Waals surface area contributed by atoms with E-state index in [4.69, 9.17) is 0 Å². The number of hydrogen-bond acceptors (Lipinski definition) is 3. The maximum atomic E-state index is 11.7. The zero-order valence-corrected chi connectivity index (χ0v) is 15.6. The molecule has 2 rings (SSSR count). The van der Waals surface area contributed by atoms with E-state index in [1.54, 1.807) is 18.0 Å². The van der Waals surface area contributed by atoms with E-state index in [-0.39, 0.29) is 5.91 Å². The topological polar surface area (TPSA) is 41.5 Å². The number of thioether (sulfide) groups is 1. The van der Waals surface area contributed by atoms with Crippen LogP contribution in [0.3, 0.4) is 0 Å². The van der Waals surface area contributed by atoms with Gasteiger partial charge < -0.3 is 0 Å². The van der Waals surface area contributed by atoms with Gasteiger partial charge in [0, 0.05) is 14.7 Å². The molecule has 114 valence electrons. The first-order chi connectivity index (χ1) is 10.6. The van der Waals surface area contributed by atoms with Crippen LogP contribution in [0.4, 0.5) is 0 Å². The summed E-state index contributed by atoms with van der Waals surface area (Å²) in [6, 6.07) is 15.8. The van der Waals surface area contributed by atoms with Crippen molar-refractivity contribution in [1.82, 2.24) is 5.43 Å². The van der Waals surface area contributed by atoms with Crippen molar-refractivity contribution in [2.45, 2.75) is 5.75 Å². The standard InChI is InChI=1S/C16H14Br2N2OS/c17-14-6-4-12(5-7-14)9-19-20-16(21)11-22-10-13-2-1-3-15(18)8-13/h1-9H,10-11H2,(H,20,21)/b19-9+. The summed E-state index contributed by atoms with van der Waals surface area (Å²) in [5.41, 5.74) is 4.65. The number of amides is 1. The average Bonchev–Trinajstić information content (AvgIpc) is 2.49. The Bertz CT molecular complexity index is 659. The predicted octanol–water partition coefficient (Wildman–Crippen LogP) is 4.60. The Kier molecular flexibility index (Phi) is 7.15. The summed E-state index contributed by atoms with van der Waals surface area (Å²) < 4.78 is 2.06. The third-order valence-corrected chi connectivity index (χ3v) is 4.69. The fourth-order valence-electron chi connectivity index (χ4n) is 1.65. The Balaban J connectivity index is 1.70. The van der Waals surface area contributed by atoms with Crippen molar-refractivity contribution >= 4 is 55.7 Å². The third kappa shape index (κ3) is 6.34. The molecular weight excluding hydrogens is 428 g/mol. The van der Waals surface area contributed by atoms with Gasteiger partial charge in [-0.1, -0.05) is 56.1 Å². The van der Waals surface area contributed by atoms with Crippen LogP contribution in [0.2, 0.25) is 0 Å². The van der Waals surface area contributed by atoms with Crippen molar-refractivity contribution in [2.75, 3.05) is 5.75 Å². The fraction of sp³-hybridized carbons (Fsp3) is 0.125. The van der Waals surface area contributed by atoms with Crippen molar-refractivity contribution in [2.24, 2.45) is 5.10 Å². The molecule has 0 fully saturated rings. The van der Waals surface area contributed by atoms with Crippen LogP contribution in [0.15, 0.2) is 62.6 Å². The second kappa shape index (κ2) is 9.12. The number of nitrogens with one attached hydrogen (secondary N) is 1. The molecule has 0 saturated carbocycles. The van der Waals surface area contributed by atoms with Crippen molar-refractivity contribution in [3.8, 4) is 0 Å². The molecule has 2 aromatic rings. The Morgan fingerprint density at radius 3 is 2.64 bits per heavy atom. The molecule has 0 spiro atoms. The lowest BCUT2D eigenvalue weighted by molar-refractivity contribution is -0.118. The summed E-state index contributed by atoms with van der Waals surface area (Å²) in [5, 5.41) is 3.95. The maximum Gasteiger partial charge on any atom is 0.250 e. The van der Waals surface area contributed by atoms with E-state index in [2.05, 4.69) is 48.5 Å². The number of halogens is 2. The number of carbonyl (C=O) groups excluding carboxylic acids is 1. The van der Waals surface area contributed by atoms with Gasteiger partial charge >= 0.3 is 0 Å². The number of rotatable bonds is 6. The molecule has 0 bridgehead atoms. The van der Waals surface area contributed by atoms with Crippen LogP contribution in [-0.4, -0.2) is 17.9 Å². The van der Waals surface area contributed by atoms with Crippen molar-refractivity contribution in [1.29, 1.82) is 0 Å². The summed E-state index contributed by atoms with van der Waals surface area (Å²) in [7, 11) is 0. The molecule has 0 radical (unpaired) electrons. The van der Waals surface area contributed by atoms with Gasteiger partial charge in [-0.25, -0.2) is 5.43 Å². The normalized spacial score (nSPS) is 10.8. The third-order valence-electron chi connectivity index (χ3n) is 2.66. The molecule has 0 heterocycles. The van der Waals surface area contributed by atoms with Crippen LogP contribution in [0, 0.1) is 0 Å². The molecule has 0 aromatic heterocycles. The Morgan fingerprint density at radius 1 is 1.14 bits per heavy atom. The van der Waals surface area contributed by atoms with Crippen LogP contribution < -0.4 is 5.43 Å². The van der Waals surface area contributed by atoms with E-state index in [0.717, 1.165) is 20.3 Å². The first-order valence-electron chi connectivity index (χ1n) is 6.53. The molecule has 1 N–H and O–H groups in total.